The van der Waals surface area contributed by atoms with Gasteiger partial charge >= 0.3 is 0 Å². The van der Waals surface area contributed by atoms with Gasteiger partial charge in [-0.25, -0.2) is 5.48 Å². The first-order valence-electron chi connectivity index (χ1n) is 15.7. The van der Waals surface area contributed by atoms with E-state index >= 15 is 0 Å². The number of nitrogens with one attached hydrogen (secondary N) is 3. The number of benzene rings is 5. The summed E-state index contributed by atoms with van der Waals surface area (Å²) in [6, 6.07) is 29.2. The molecule has 0 unspecified atom stereocenters. The number of hydroxylamine groups is 1. The Bertz CT molecular complexity index is 1890. The molecule has 10 nitrogen and oxygen atoms in total. The van der Waals surface area contributed by atoms with Crippen LogP contribution in [-0.4, -0.2) is 48.7 Å². The molecule has 0 radical (unpaired) electrons. The fraction of sp³-hybridized carbons (Fsp3) is 0.216. The third kappa shape index (κ3) is 7.86. The van der Waals surface area contributed by atoms with E-state index in [2.05, 4.69) is 35.4 Å². The third-order valence-corrected chi connectivity index (χ3v) is 7.74. The van der Waals surface area contributed by atoms with Gasteiger partial charge in [0, 0.05) is 22.4 Å². The Morgan fingerprint density at radius 1 is 0.809 bits per heavy atom. The molecule has 0 aliphatic carbocycles. The van der Waals surface area contributed by atoms with Gasteiger partial charge in [-0.3, -0.25) is 19.6 Å². The molecule has 5 aromatic carbocycles. The molecule has 0 aromatic heterocycles. The molecule has 0 bridgehead atoms. The second-order valence-corrected chi connectivity index (χ2v) is 11.1. The van der Waals surface area contributed by atoms with Crippen molar-refractivity contribution in [3.8, 4) is 22.6 Å². The summed E-state index contributed by atoms with van der Waals surface area (Å²) in [6.45, 7) is 2.85. The smallest absolute Gasteiger partial charge is 0.274 e. The Labute approximate surface area is 272 Å². The van der Waals surface area contributed by atoms with Crippen LogP contribution in [-0.2, 0) is 9.59 Å². The summed E-state index contributed by atoms with van der Waals surface area (Å²) in [5.74, 6) is -0.396. The van der Waals surface area contributed by atoms with Crippen molar-refractivity contribution in [2.24, 2.45) is 0 Å². The van der Waals surface area contributed by atoms with Gasteiger partial charge in [-0.2, -0.15) is 0 Å². The van der Waals surface area contributed by atoms with Crippen molar-refractivity contribution < 1.29 is 34.8 Å². The van der Waals surface area contributed by atoms with Crippen LogP contribution in [0, 0.1) is 0 Å². The fourth-order valence-corrected chi connectivity index (χ4v) is 5.50. The fourth-order valence-electron chi connectivity index (χ4n) is 5.50. The number of amides is 3. The van der Waals surface area contributed by atoms with E-state index in [4.69, 9.17) is 14.7 Å². The molecule has 0 heterocycles. The Morgan fingerprint density at radius 3 is 2.06 bits per heavy atom. The van der Waals surface area contributed by atoms with E-state index in [1.165, 1.54) is 12.1 Å². The first kappa shape index (κ1) is 32.9. The van der Waals surface area contributed by atoms with E-state index in [9.17, 15) is 14.4 Å². The van der Waals surface area contributed by atoms with Gasteiger partial charge in [0.2, 0.25) is 5.91 Å². The van der Waals surface area contributed by atoms with E-state index < -0.39 is 23.8 Å². The summed E-state index contributed by atoms with van der Waals surface area (Å²) in [5.41, 5.74) is 7.64. The molecule has 1 atom stereocenters. The van der Waals surface area contributed by atoms with Crippen LogP contribution in [0.1, 0.15) is 36.5 Å². The summed E-state index contributed by atoms with van der Waals surface area (Å²) < 4.78 is 12.5. The van der Waals surface area contributed by atoms with Crippen LogP contribution >= 0.6 is 0 Å². The van der Waals surface area contributed by atoms with E-state index in [1.807, 2.05) is 60.7 Å². The predicted octanol–water partition coefficient (Wildman–Crippen LogP) is 5.09. The number of hydrogen-bond acceptors (Lipinski definition) is 6. The van der Waals surface area contributed by atoms with Crippen LogP contribution in [0.3, 0.4) is 0 Å². The molecule has 0 fully saturated rings. The molecule has 0 aliphatic heterocycles. The molecule has 10 heteroatoms. The largest absolute Gasteiger partial charge is 0.493 e. The maximum Gasteiger partial charge on any atom is 0.274 e. The van der Waals surface area contributed by atoms with Crippen LogP contribution in [0.2, 0.25) is 0 Å². The van der Waals surface area contributed by atoms with Crippen LogP contribution in [0.5, 0.6) is 11.5 Å². The lowest BCUT2D eigenvalue weighted by Crippen LogP contribution is -2.51. The SMILES string of the molecule is CCCOc1ccc2ccccc2c1-c1c(OCC(=O)N[C@H](CCC[NH3+])C(=O)Nc2cccc(C(=O)NO)c2)ccc2ccccc12. The molecule has 242 valence electrons. The second-order valence-electron chi connectivity index (χ2n) is 11.1. The van der Waals surface area contributed by atoms with E-state index in [0.29, 0.717) is 37.4 Å². The van der Waals surface area contributed by atoms with Gasteiger partial charge < -0.3 is 25.8 Å². The van der Waals surface area contributed by atoms with Crippen molar-refractivity contribution in [3.63, 3.8) is 0 Å². The van der Waals surface area contributed by atoms with Crippen molar-refractivity contribution in [2.75, 3.05) is 25.1 Å². The number of ether oxygens (including phenoxy) is 2. The van der Waals surface area contributed by atoms with Gasteiger partial charge in [0.25, 0.3) is 11.8 Å². The maximum absolute atomic E-state index is 13.3. The first-order valence-corrected chi connectivity index (χ1v) is 15.7. The predicted molar refractivity (Wildman–Crippen MR) is 181 cm³/mol. The molecule has 0 spiro atoms. The van der Waals surface area contributed by atoms with Crippen molar-refractivity contribution in [2.45, 2.75) is 32.2 Å². The summed E-state index contributed by atoms with van der Waals surface area (Å²) in [5, 5.41) is 18.5. The monoisotopic (exact) mass is 635 g/mol. The molecule has 7 N–H and O–H groups in total. The highest BCUT2D eigenvalue weighted by Gasteiger charge is 2.23. The summed E-state index contributed by atoms with van der Waals surface area (Å²) >= 11 is 0. The zero-order chi connectivity index (χ0) is 33.2. The summed E-state index contributed by atoms with van der Waals surface area (Å²) in [7, 11) is 0. The van der Waals surface area contributed by atoms with Crippen LogP contribution < -0.4 is 31.3 Å². The highest BCUT2D eigenvalue weighted by Crippen LogP contribution is 2.45. The molecule has 0 saturated carbocycles. The summed E-state index contributed by atoms with van der Waals surface area (Å²) in [4.78, 5) is 38.4. The Morgan fingerprint density at radius 2 is 1.45 bits per heavy atom. The van der Waals surface area contributed by atoms with Crippen molar-refractivity contribution in [1.82, 2.24) is 10.8 Å². The number of hydrogen-bond donors (Lipinski definition) is 5. The number of anilines is 1. The molecular formula is C37H39N4O6+. The van der Waals surface area contributed by atoms with Crippen LogP contribution in [0.25, 0.3) is 32.7 Å². The van der Waals surface area contributed by atoms with E-state index in [0.717, 1.165) is 44.8 Å². The van der Waals surface area contributed by atoms with Crippen molar-refractivity contribution in [3.05, 3.63) is 103 Å². The van der Waals surface area contributed by atoms with Gasteiger partial charge in [0.05, 0.1) is 13.2 Å². The summed E-state index contributed by atoms with van der Waals surface area (Å²) in [6.07, 6.45) is 1.80. The minimum Gasteiger partial charge on any atom is -0.493 e. The quantitative estimate of drug-likeness (QED) is 0.0846. The zero-order valence-corrected chi connectivity index (χ0v) is 26.3. The topological polar surface area (TPSA) is 154 Å². The van der Waals surface area contributed by atoms with Crippen LogP contribution in [0.4, 0.5) is 5.69 Å². The van der Waals surface area contributed by atoms with E-state index in [-0.39, 0.29) is 12.2 Å². The lowest BCUT2D eigenvalue weighted by Gasteiger charge is -2.21. The average Bonchev–Trinajstić information content (AvgIpc) is 3.10. The Balaban J connectivity index is 1.42. The molecule has 47 heavy (non-hydrogen) atoms. The second kappa shape index (κ2) is 15.7. The first-order chi connectivity index (χ1) is 22.9. The highest BCUT2D eigenvalue weighted by molar-refractivity contribution is 6.10. The number of quaternary nitrogens is 1. The van der Waals surface area contributed by atoms with Gasteiger partial charge in [-0.05, 0) is 71.1 Å². The third-order valence-electron chi connectivity index (χ3n) is 7.74. The number of rotatable bonds is 14. The molecule has 0 saturated heterocycles. The number of carbonyl (C=O) groups excluding carboxylic acids is 3. The minimum absolute atomic E-state index is 0.165. The molecule has 3 amide bonds. The maximum atomic E-state index is 13.3. The van der Waals surface area contributed by atoms with E-state index in [1.54, 1.807) is 17.6 Å². The van der Waals surface area contributed by atoms with Crippen molar-refractivity contribution >= 4 is 45.0 Å². The Hall–Kier alpha value is -5.45. The molecule has 5 rings (SSSR count). The molecule has 0 aliphatic rings. The standard InChI is InChI=1S/C37H38N4O6/c1-2-21-46-31-18-16-24-9-3-5-13-28(24)34(31)35-29-14-6-4-10-25(29)17-19-32(35)47-23-33(42)40-30(15-8-20-38)37(44)39-27-12-7-11-26(22-27)36(43)41-45/h3-7,9-14,16-19,22,30,45H,2,8,15,20-21,23,38H2,1H3,(H,39,44)(H,40,42)(H,41,43)/p+1/t30-/m1/s1. The number of fused-ring (bicyclic) bond motifs is 2. The molecular weight excluding hydrogens is 596 g/mol. The van der Waals surface area contributed by atoms with Crippen molar-refractivity contribution in [1.29, 1.82) is 0 Å². The average molecular weight is 636 g/mol. The lowest BCUT2D eigenvalue weighted by atomic mass is 9.92. The van der Waals surface area contributed by atoms with Crippen LogP contribution in [0.15, 0.2) is 97.1 Å². The lowest BCUT2D eigenvalue weighted by molar-refractivity contribution is -0.368. The number of carbonyl (C=O) groups is 3. The molecule has 5 aromatic rings. The van der Waals surface area contributed by atoms with Gasteiger partial charge in [0.1, 0.15) is 17.5 Å². The zero-order valence-electron chi connectivity index (χ0n) is 26.3. The minimum atomic E-state index is -0.869. The highest BCUT2D eigenvalue weighted by atomic mass is 16.5. The van der Waals surface area contributed by atoms with Gasteiger partial charge in [-0.1, -0.05) is 73.7 Å². The van der Waals surface area contributed by atoms with Gasteiger partial charge in [0.15, 0.2) is 6.61 Å². The normalized spacial score (nSPS) is 11.6. The van der Waals surface area contributed by atoms with Gasteiger partial charge in [-0.15, -0.1) is 0 Å². The Kier molecular flexibility index (Phi) is 11.0.